The first-order valence-electron chi connectivity index (χ1n) is 6.73. The van der Waals surface area contributed by atoms with Gasteiger partial charge in [0.1, 0.15) is 0 Å². The maximum absolute atomic E-state index is 10.3. The third-order valence-electron chi connectivity index (χ3n) is 3.74. The van der Waals surface area contributed by atoms with E-state index < -0.39 is 6.10 Å². The highest BCUT2D eigenvalue weighted by molar-refractivity contribution is 5.20. The second-order valence-electron chi connectivity index (χ2n) is 5.07. The van der Waals surface area contributed by atoms with Crippen LogP contribution in [0.1, 0.15) is 49.4 Å². The maximum atomic E-state index is 10.3. The van der Waals surface area contributed by atoms with Crippen molar-refractivity contribution in [2.24, 2.45) is 7.05 Å². The molecule has 0 amide bonds. The molecular weight excluding hydrogens is 240 g/mol. The Hall–Kier alpha value is -1.62. The molecule has 2 aromatic heterocycles. The van der Waals surface area contributed by atoms with E-state index in [1.54, 1.807) is 10.9 Å². The Morgan fingerprint density at radius 2 is 2.16 bits per heavy atom. The lowest BCUT2D eigenvalue weighted by atomic mass is 10.1. The summed E-state index contributed by atoms with van der Waals surface area (Å²) in [5.41, 5.74) is 2.78. The first-order chi connectivity index (χ1) is 9.02. The standard InChI is InChI=1S/C14H22N4O/c1-5-10(2)18-7-6-12(16-18)8-14(19)13-9-15-17(4)11(13)3/h6-7,9-10,14,19H,5,8H2,1-4H3. The summed E-state index contributed by atoms with van der Waals surface area (Å²) < 4.78 is 3.73. The quantitative estimate of drug-likeness (QED) is 0.898. The van der Waals surface area contributed by atoms with Crippen molar-refractivity contribution < 1.29 is 5.11 Å². The van der Waals surface area contributed by atoms with E-state index in [4.69, 9.17) is 0 Å². The highest BCUT2D eigenvalue weighted by Crippen LogP contribution is 2.20. The minimum Gasteiger partial charge on any atom is -0.388 e. The molecule has 5 nitrogen and oxygen atoms in total. The Morgan fingerprint density at radius 1 is 1.42 bits per heavy atom. The summed E-state index contributed by atoms with van der Waals surface area (Å²) in [6.45, 7) is 6.24. The van der Waals surface area contributed by atoms with Gasteiger partial charge in [0, 0.05) is 37.0 Å². The van der Waals surface area contributed by atoms with E-state index in [0.717, 1.165) is 23.4 Å². The van der Waals surface area contributed by atoms with Crippen LogP contribution in [0.5, 0.6) is 0 Å². The molecule has 0 saturated heterocycles. The van der Waals surface area contributed by atoms with Crippen LogP contribution in [0.15, 0.2) is 18.5 Å². The van der Waals surface area contributed by atoms with Gasteiger partial charge in [-0.3, -0.25) is 9.36 Å². The van der Waals surface area contributed by atoms with E-state index in [2.05, 4.69) is 24.0 Å². The van der Waals surface area contributed by atoms with Gasteiger partial charge in [0.15, 0.2) is 0 Å². The molecule has 0 aromatic carbocycles. The first-order valence-corrected chi connectivity index (χ1v) is 6.73. The van der Waals surface area contributed by atoms with Crippen LogP contribution < -0.4 is 0 Å². The van der Waals surface area contributed by atoms with Crippen molar-refractivity contribution in [3.8, 4) is 0 Å². The van der Waals surface area contributed by atoms with Crippen molar-refractivity contribution in [3.63, 3.8) is 0 Å². The lowest BCUT2D eigenvalue weighted by molar-refractivity contribution is 0.176. The first kappa shape index (κ1) is 13.8. The predicted molar refractivity (Wildman–Crippen MR) is 73.8 cm³/mol. The zero-order valence-electron chi connectivity index (χ0n) is 12.0. The molecule has 1 N–H and O–H groups in total. The molecule has 0 radical (unpaired) electrons. The average molecular weight is 262 g/mol. The predicted octanol–water partition coefficient (Wildman–Crippen LogP) is 2.17. The van der Waals surface area contributed by atoms with Gasteiger partial charge in [0.2, 0.25) is 0 Å². The third-order valence-corrected chi connectivity index (χ3v) is 3.74. The fourth-order valence-electron chi connectivity index (χ4n) is 2.07. The monoisotopic (exact) mass is 262 g/mol. The minimum atomic E-state index is -0.547. The van der Waals surface area contributed by atoms with E-state index in [0.29, 0.717) is 12.5 Å². The van der Waals surface area contributed by atoms with Crippen molar-refractivity contribution in [1.29, 1.82) is 0 Å². The van der Waals surface area contributed by atoms with Crippen molar-refractivity contribution in [2.75, 3.05) is 0 Å². The second-order valence-corrected chi connectivity index (χ2v) is 5.07. The summed E-state index contributed by atoms with van der Waals surface area (Å²) >= 11 is 0. The minimum absolute atomic E-state index is 0.394. The summed E-state index contributed by atoms with van der Waals surface area (Å²) in [5.74, 6) is 0. The molecule has 0 bridgehead atoms. The molecule has 2 heterocycles. The molecule has 5 heteroatoms. The Kier molecular flexibility index (Phi) is 4.04. The molecule has 0 fully saturated rings. The van der Waals surface area contributed by atoms with Crippen LogP contribution in [0.25, 0.3) is 0 Å². The Morgan fingerprint density at radius 3 is 2.74 bits per heavy atom. The number of aryl methyl sites for hydroxylation is 1. The molecule has 0 aliphatic rings. The van der Waals surface area contributed by atoms with Gasteiger partial charge in [0.25, 0.3) is 0 Å². The van der Waals surface area contributed by atoms with Gasteiger partial charge in [-0.05, 0) is 26.3 Å². The summed E-state index contributed by atoms with van der Waals surface area (Å²) in [5, 5.41) is 18.9. The molecule has 2 atom stereocenters. The largest absolute Gasteiger partial charge is 0.388 e. The molecular formula is C14H22N4O. The Labute approximate surface area is 113 Å². The van der Waals surface area contributed by atoms with E-state index in [9.17, 15) is 5.11 Å². The Balaban J connectivity index is 2.09. The number of hydrogen-bond acceptors (Lipinski definition) is 3. The molecule has 0 spiro atoms. The SMILES string of the molecule is CCC(C)n1ccc(CC(O)c2cnn(C)c2C)n1. The summed E-state index contributed by atoms with van der Waals surface area (Å²) in [4.78, 5) is 0. The molecule has 0 saturated carbocycles. The highest BCUT2D eigenvalue weighted by Gasteiger charge is 2.16. The topological polar surface area (TPSA) is 55.9 Å². The molecule has 2 rings (SSSR count). The molecule has 0 aliphatic carbocycles. The van der Waals surface area contributed by atoms with E-state index in [-0.39, 0.29) is 0 Å². The van der Waals surface area contributed by atoms with Crippen LogP contribution in [0, 0.1) is 6.92 Å². The van der Waals surface area contributed by atoms with Crippen LogP contribution in [-0.4, -0.2) is 24.7 Å². The smallest absolute Gasteiger partial charge is 0.0879 e. The summed E-state index contributed by atoms with van der Waals surface area (Å²) in [6, 6.07) is 2.37. The number of aromatic nitrogens is 4. The number of rotatable bonds is 5. The second kappa shape index (κ2) is 5.57. The van der Waals surface area contributed by atoms with Gasteiger partial charge in [0.05, 0.1) is 18.0 Å². The van der Waals surface area contributed by atoms with Gasteiger partial charge in [-0.1, -0.05) is 6.92 Å². The molecule has 2 unspecified atom stereocenters. The van der Waals surface area contributed by atoms with Crippen molar-refractivity contribution in [2.45, 2.75) is 45.8 Å². The van der Waals surface area contributed by atoms with Crippen molar-refractivity contribution in [3.05, 3.63) is 35.4 Å². The van der Waals surface area contributed by atoms with E-state index in [1.165, 1.54) is 0 Å². The van der Waals surface area contributed by atoms with Gasteiger partial charge >= 0.3 is 0 Å². The Bertz CT molecular complexity index is 543. The van der Waals surface area contributed by atoms with Gasteiger partial charge in [-0.2, -0.15) is 10.2 Å². The lowest BCUT2D eigenvalue weighted by Gasteiger charge is -2.10. The maximum Gasteiger partial charge on any atom is 0.0879 e. The fourth-order valence-corrected chi connectivity index (χ4v) is 2.07. The third kappa shape index (κ3) is 2.87. The van der Waals surface area contributed by atoms with Gasteiger partial charge in [-0.25, -0.2) is 0 Å². The van der Waals surface area contributed by atoms with Crippen LogP contribution in [0.2, 0.25) is 0 Å². The number of aliphatic hydroxyl groups is 1. The van der Waals surface area contributed by atoms with Crippen LogP contribution >= 0.6 is 0 Å². The van der Waals surface area contributed by atoms with Gasteiger partial charge < -0.3 is 5.11 Å². The van der Waals surface area contributed by atoms with Gasteiger partial charge in [-0.15, -0.1) is 0 Å². The fraction of sp³-hybridized carbons (Fsp3) is 0.571. The molecule has 2 aromatic rings. The van der Waals surface area contributed by atoms with Crippen LogP contribution in [-0.2, 0) is 13.5 Å². The zero-order chi connectivity index (χ0) is 14.0. The number of hydrogen-bond donors (Lipinski definition) is 1. The molecule has 104 valence electrons. The van der Waals surface area contributed by atoms with Crippen LogP contribution in [0.3, 0.4) is 0 Å². The van der Waals surface area contributed by atoms with E-state index >= 15 is 0 Å². The normalized spacial score (nSPS) is 14.6. The number of aliphatic hydroxyl groups excluding tert-OH is 1. The van der Waals surface area contributed by atoms with Crippen molar-refractivity contribution >= 4 is 0 Å². The molecule has 19 heavy (non-hydrogen) atoms. The van der Waals surface area contributed by atoms with E-state index in [1.807, 2.05) is 30.9 Å². The highest BCUT2D eigenvalue weighted by atomic mass is 16.3. The van der Waals surface area contributed by atoms with Crippen molar-refractivity contribution in [1.82, 2.24) is 19.6 Å². The lowest BCUT2D eigenvalue weighted by Crippen LogP contribution is -2.07. The average Bonchev–Trinajstić information content (AvgIpc) is 2.97. The van der Waals surface area contributed by atoms with Crippen LogP contribution in [0.4, 0.5) is 0 Å². The molecule has 0 aliphatic heterocycles. The zero-order valence-corrected chi connectivity index (χ0v) is 12.0. The summed E-state index contributed by atoms with van der Waals surface area (Å²) in [6.07, 6.45) is 4.73. The summed E-state index contributed by atoms with van der Waals surface area (Å²) in [7, 11) is 1.88. The number of nitrogens with zero attached hydrogens (tertiary/aromatic N) is 4.